The van der Waals surface area contributed by atoms with Crippen LogP contribution in [0.25, 0.3) is 0 Å². The van der Waals surface area contributed by atoms with E-state index in [9.17, 15) is 0 Å². The van der Waals surface area contributed by atoms with Crippen LogP contribution in [-0.4, -0.2) is 20.8 Å². The SMILES string of the molecule is CCCn1ncnc1CNC1CC1. The molecule has 0 saturated heterocycles. The first-order valence-corrected chi connectivity index (χ1v) is 5.00. The van der Waals surface area contributed by atoms with Crippen molar-refractivity contribution in [3.8, 4) is 0 Å². The van der Waals surface area contributed by atoms with Crippen molar-refractivity contribution in [2.24, 2.45) is 0 Å². The van der Waals surface area contributed by atoms with Gasteiger partial charge in [0.05, 0.1) is 6.54 Å². The lowest BCUT2D eigenvalue weighted by Crippen LogP contribution is -2.19. The van der Waals surface area contributed by atoms with Gasteiger partial charge in [-0.1, -0.05) is 6.92 Å². The van der Waals surface area contributed by atoms with Crippen molar-refractivity contribution in [3.63, 3.8) is 0 Å². The average Bonchev–Trinajstić information content (AvgIpc) is 2.86. The zero-order valence-corrected chi connectivity index (χ0v) is 8.03. The second-order valence-electron chi connectivity index (χ2n) is 3.55. The van der Waals surface area contributed by atoms with Gasteiger partial charge >= 0.3 is 0 Å². The summed E-state index contributed by atoms with van der Waals surface area (Å²) in [5, 5.41) is 7.60. The molecule has 0 amide bonds. The Balaban J connectivity index is 1.88. The summed E-state index contributed by atoms with van der Waals surface area (Å²) in [7, 11) is 0. The fourth-order valence-corrected chi connectivity index (χ4v) is 1.35. The lowest BCUT2D eigenvalue weighted by atomic mass is 10.4. The predicted octanol–water partition coefficient (Wildman–Crippen LogP) is 0.940. The maximum atomic E-state index is 4.22. The number of hydrogen-bond acceptors (Lipinski definition) is 3. The summed E-state index contributed by atoms with van der Waals surface area (Å²) >= 11 is 0. The minimum Gasteiger partial charge on any atom is -0.307 e. The van der Waals surface area contributed by atoms with Gasteiger partial charge in [0, 0.05) is 12.6 Å². The van der Waals surface area contributed by atoms with Gasteiger partial charge in [-0.25, -0.2) is 9.67 Å². The fourth-order valence-electron chi connectivity index (χ4n) is 1.35. The Morgan fingerprint density at radius 3 is 3.15 bits per heavy atom. The zero-order chi connectivity index (χ0) is 9.10. The summed E-state index contributed by atoms with van der Waals surface area (Å²) in [6, 6.07) is 0.742. The van der Waals surface area contributed by atoms with E-state index in [-0.39, 0.29) is 0 Å². The summed E-state index contributed by atoms with van der Waals surface area (Å²) in [4.78, 5) is 4.22. The highest BCUT2D eigenvalue weighted by Gasteiger charge is 2.20. The van der Waals surface area contributed by atoms with Crippen LogP contribution in [0.4, 0.5) is 0 Å². The van der Waals surface area contributed by atoms with E-state index in [1.807, 2.05) is 4.68 Å². The van der Waals surface area contributed by atoms with Crippen LogP contribution in [0.3, 0.4) is 0 Å². The van der Waals surface area contributed by atoms with Gasteiger partial charge in [0.15, 0.2) is 0 Å². The summed E-state index contributed by atoms with van der Waals surface area (Å²) < 4.78 is 1.98. The lowest BCUT2D eigenvalue weighted by molar-refractivity contribution is 0.541. The molecule has 0 aliphatic heterocycles. The summed E-state index contributed by atoms with van der Waals surface area (Å²) in [6.45, 7) is 3.99. The van der Waals surface area contributed by atoms with E-state index in [0.29, 0.717) is 0 Å². The minimum atomic E-state index is 0.742. The fraction of sp³-hybridized carbons (Fsp3) is 0.778. The second-order valence-corrected chi connectivity index (χ2v) is 3.55. The number of hydrogen-bond donors (Lipinski definition) is 1. The number of aromatic nitrogens is 3. The normalized spacial score (nSPS) is 16.4. The first kappa shape index (κ1) is 8.69. The second kappa shape index (κ2) is 3.87. The number of nitrogens with zero attached hydrogens (tertiary/aromatic N) is 3. The Kier molecular flexibility index (Phi) is 2.59. The molecule has 4 heteroatoms. The van der Waals surface area contributed by atoms with Crippen molar-refractivity contribution in [3.05, 3.63) is 12.2 Å². The maximum absolute atomic E-state index is 4.22. The Morgan fingerprint density at radius 1 is 1.62 bits per heavy atom. The van der Waals surface area contributed by atoms with E-state index in [1.165, 1.54) is 12.8 Å². The molecule has 0 spiro atoms. The third-order valence-corrected chi connectivity index (χ3v) is 2.26. The van der Waals surface area contributed by atoms with Gasteiger partial charge in [-0.15, -0.1) is 0 Å². The van der Waals surface area contributed by atoms with Crippen LogP contribution >= 0.6 is 0 Å². The molecule has 1 fully saturated rings. The quantitative estimate of drug-likeness (QED) is 0.733. The predicted molar refractivity (Wildman–Crippen MR) is 50.2 cm³/mol. The summed E-state index contributed by atoms with van der Waals surface area (Å²) in [5.41, 5.74) is 0. The van der Waals surface area contributed by atoms with Gasteiger partial charge < -0.3 is 5.32 Å². The van der Waals surface area contributed by atoms with Crippen LogP contribution in [0.5, 0.6) is 0 Å². The van der Waals surface area contributed by atoms with Crippen LogP contribution in [0.1, 0.15) is 32.0 Å². The molecule has 0 bridgehead atoms. The molecule has 1 heterocycles. The Morgan fingerprint density at radius 2 is 2.46 bits per heavy atom. The Hall–Kier alpha value is -0.900. The number of nitrogens with one attached hydrogen (secondary N) is 1. The van der Waals surface area contributed by atoms with E-state index < -0.39 is 0 Å². The third-order valence-electron chi connectivity index (χ3n) is 2.26. The van der Waals surface area contributed by atoms with Crippen LogP contribution < -0.4 is 5.32 Å². The highest BCUT2D eigenvalue weighted by atomic mass is 15.3. The van der Waals surface area contributed by atoms with Gasteiger partial charge in [0.2, 0.25) is 0 Å². The Bertz CT molecular complexity index is 264. The highest BCUT2D eigenvalue weighted by Crippen LogP contribution is 2.18. The molecule has 1 aromatic heterocycles. The zero-order valence-electron chi connectivity index (χ0n) is 8.03. The molecule has 1 N–H and O–H groups in total. The highest BCUT2D eigenvalue weighted by molar-refractivity contribution is 4.88. The molecule has 1 saturated carbocycles. The van der Waals surface area contributed by atoms with Gasteiger partial charge in [0.25, 0.3) is 0 Å². The van der Waals surface area contributed by atoms with Crippen molar-refractivity contribution in [1.82, 2.24) is 20.1 Å². The standard InChI is InChI=1S/C9H16N4/c1-2-5-13-9(11-7-12-13)6-10-8-3-4-8/h7-8,10H,2-6H2,1H3. The van der Waals surface area contributed by atoms with Crippen molar-refractivity contribution in [1.29, 1.82) is 0 Å². The first-order valence-electron chi connectivity index (χ1n) is 5.00. The molecule has 0 aromatic carbocycles. The molecule has 0 radical (unpaired) electrons. The van der Waals surface area contributed by atoms with Crippen molar-refractivity contribution >= 4 is 0 Å². The Labute approximate surface area is 78.4 Å². The number of rotatable bonds is 5. The van der Waals surface area contributed by atoms with Gasteiger partial charge in [-0.2, -0.15) is 5.10 Å². The van der Waals surface area contributed by atoms with Crippen LogP contribution in [0, 0.1) is 0 Å². The van der Waals surface area contributed by atoms with Crippen LogP contribution in [0.2, 0.25) is 0 Å². The summed E-state index contributed by atoms with van der Waals surface area (Å²) in [6.07, 6.45) is 5.39. The van der Waals surface area contributed by atoms with Crippen molar-refractivity contribution < 1.29 is 0 Å². The van der Waals surface area contributed by atoms with Gasteiger partial charge in [-0.3, -0.25) is 0 Å². The van der Waals surface area contributed by atoms with E-state index in [2.05, 4.69) is 22.3 Å². The first-order chi connectivity index (χ1) is 6.40. The molecule has 1 aromatic rings. The summed E-state index contributed by atoms with van der Waals surface area (Å²) in [5.74, 6) is 1.06. The van der Waals surface area contributed by atoms with Crippen LogP contribution in [0.15, 0.2) is 6.33 Å². The smallest absolute Gasteiger partial charge is 0.140 e. The van der Waals surface area contributed by atoms with Gasteiger partial charge in [0.1, 0.15) is 12.2 Å². The number of aryl methyl sites for hydroxylation is 1. The molecule has 0 atom stereocenters. The molecule has 1 aliphatic carbocycles. The maximum Gasteiger partial charge on any atom is 0.140 e. The van der Waals surface area contributed by atoms with E-state index in [4.69, 9.17) is 0 Å². The van der Waals surface area contributed by atoms with Crippen molar-refractivity contribution in [2.75, 3.05) is 0 Å². The van der Waals surface area contributed by atoms with E-state index in [1.54, 1.807) is 6.33 Å². The molecule has 2 rings (SSSR count). The molecule has 1 aliphatic rings. The van der Waals surface area contributed by atoms with Crippen molar-refractivity contribution in [2.45, 2.75) is 45.3 Å². The van der Waals surface area contributed by atoms with E-state index >= 15 is 0 Å². The largest absolute Gasteiger partial charge is 0.307 e. The molecule has 13 heavy (non-hydrogen) atoms. The molecular weight excluding hydrogens is 164 g/mol. The topological polar surface area (TPSA) is 42.7 Å². The third kappa shape index (κ3) is 2.28. The molecule has 72 valence electrons. The molecule has 4 nitrogen and oxygen atoms in total. The minimum absolute atomic E-state index is 0.742. The van der Waals surface area contributed by atoms with Gasteiger partial charge in [-0.05, 0) is 19.3 Å². The molecule has 0 unspecified atom stereocenters. The van der Waals surface area contributed by atoms with Crippen LogP contribution in [-0.2, 0) is 13.1 Å². The monoisotopic (exact) mass is 180 g/mol. The molecular formula is C9H16N4. The average molecular weight is 180 g/mol. The van der Waals surface area contributed by atoms with E-state index in [0.717, 1.165) is 31.4 Å². The lowest BCUT2D eigenvalue weighted by Gasteiger charge is -2.04.